The molecule has 0 N–H and O–H groups in total. The summed E-state index contributed by atoms with van der Waals surface area (Å²) in [6, 6.07) is 6.23. The average molecular weight is 538 g/mol. The fraction of sp³-hybridized carbons (Fsp3) is 0.375. The van der Waals surface area contributed by atoms with E-state index in [0.717, 1.165) is 43.5 Å². The molecule has 5 rings (SSSR count). The average Bonchev–Trinajstić information content (AvgIpc) is 3.41. The number of benzene rings is 1. The van der Waals surface area contributed by atoms with Gasteiger partial charge in [0, 0.05) is 37.5 Å². The van der Waals surface area contributed by atoms with Gasteiger partial charge in [-0.25, -0.2) is 9.18 Å². The minimum atomic E-state index is -4.71. The quantitative estimate of drug-likeness (QED) is 0.340. The zero-order valence-corrected chi connectivity index (χ0v) is 20.9. The number of nitrogens with zero attached hydrogens (tertiary/aromatic N) is 4. The molecule has 13 heteroatoms. The van der Waals surface area contributed by atoms with Crippen LogP contribution in [0.2, 0.25) is 0 Å². The summed E-state index contributed by atoms with van der Waals surface area (Å²) in [7, 11) is -3.15. The maximum atomic E-state index is 15.2. The second-order valence-corrected chi connectivity index (χ2v) is 12.6. The van der Waals surface area contributed by atoms with Crippen molar-refractivity contribution in [2.45, 2.75) is 38.2 Å². The van der Waals surface area contributed by atoms with Gasteiger partial charge in [-0.2, -0.15) is 18.2 Å². The van der Waals surface area contributed by atoms with Crippen LogP contribution in [0.4, 0.5) is 23.4 Å². The van der Waals surface area contributed by atoms with Crippen LogP contribution in [0.1, 0.15) is 24.1 Å². The molecule has 1 fully saturated rings. The highest BCUT2D eigenvalue weighted by atomic mass is 31.2. The molecule has 2 aromatic heterocycles. The Balaban J connectivity index is 1.41. The van der Waals surface area contributed by atoms with Gasteiger partial charge in [-0.15, -0.1) is 0 Å². The van der Waals surface area contributed by atoms with Crippen molar-refractivity contribution in [1.29, 1.82) is 0 Å². The van der Waals surface area contributed by atoms with Gasteiger partial charge < -0.3 is 18.9 Å². The van der Waals surface area contributed by atoms with Crippen molar-refractivity contribution in [3.63, 3.8) is 0 Å². The number of anilines is 1. The number of fused-ring (bicyclic) bond motifs is 3. The Morgan fingerprint density at radius 1 is 1.19 bits per heavy atom. The molecule has 1 atom stereocenters. The van der Waals surface area contributed by atoms with Crippen LogP contribution in [-0.2, 0) is 23.9 Å². The van der Waals surface area contributed by atoms with Crippen molar-refractivity contribution in [2.24, 2.45) is 0 Å². The van der Waals surface area contributed by atoms with E-state index < -0.39 is 36.3 Å². The monoisotopic (exact) mass is 538 g/mol. The summed E-state index contributed by atoms with van der Waals surface area (Å²) >= 11 is 0. The highest BCUT2D eigenvalue weighted by Gasteiger charge is 2.35. The van der Waals surface area contributed by atoms with Crippen LogP contribution in [0.25, 0.3) is 0 Å². The Morgan fingerprint density at radius 2 is 1.97 bits per heavy atom. The molecule has 0 radical (unpaired) electrons. The van der Waals surface area contributed by atoms with Crippen LogP contribution in [0.15, 0.2) is 41.3 Å². The number of rotatable bonds is 6. The maximum absolute atomic E-state index is 15.2. The Hall–Kier alpha value is -3.40. The third-order valence-corrected chi connectivity index (χ3v) is 7.82. The number of halogens is 4. The van der Waals surface area contributed by atoms with Crippen molar-refractivity contribution in [2.75, 3.05) is 24.8 Å². The fourth-order valence-corrected chi connectivity index (χ4v) is 5.74. The summed E-state index contributed by atoms with van der Waals surface area (Å²) in [6.07, 6.45) is -1.78. The van der Waals surface area contributed by atoms with Gasteiger partial charge in [0.15, 0.2) is 11.6 Å². The lowest BCUT2D eigenvalue weighted by Crippen LogP contribution is -2.24. The Bertz CT molecular complexity index is 1470. The van der Waals surface area contributed by atoms with E-state index in [9.17, 15) is 22.5 Å². The molecule has 2 aliphatic heterocycles. The first-order valence-corrected chi connectivity index (χ1v) is 14.1. The molecule has 0 saturated carbocycles. The van der Waals surface area contributed by atoms with Crippen molar-refractivity contribution < 1.29 is 31.6 Å². The van der Waals surface area contributed by atoms with E-state index in [4.69, 9.17) is 9.47 Å². The Labute approximate surface area is 209 Å². The van der Waals surface area contributed by atoms with Crippen LogP contribution < -0.4 is 25.4 Å². The predicted octanol–water partition coefficient (Wildman–Crippen LogP) is 4.40. The van der Waals surface area contributed by atoms with Gasteiger partial charge in [-0.1, -0.05) is 0 Å². The summed E-state index contributed by atoms with van der Waals surface area (Å²) in [4.78, 5) is 21.8. The highest BCUT2D eigenvalue weighted by molar-refractivity contribution is 7.70. The number of alkyl halides is 3. The molecule has 1 unspecified atom stereocenters. The second kappa shape index (κ2) is 9.16. The molecule has 37 heavy (non-hydrogen) atoms. The first-order chi connectivity index (χ1) is 17.4. The summed E-state index contributed by atoms with van der Waals surface area (Å²) in [6.45, 7) is 4.03. The van der Waals surface area contributed by atoms with Gasteiger partial charge in [0.05, 0.1) is 5.30 Å². The number of pyridine rings is 1. The first kappa shape index (κ1) is 25.3. The molecule has 1 saturated heterocycles. The van der Waals surface area contributed by atoms with Crippen molar-refractivity contribution in [3.05, 3.63) is 64.1 Å². The molecular formula is C24H23F4N4O4P. The number of aromatic nitrogens is 3. The number of hydrogen-bond acceptors (Lipinski definition) is 7. The highest BCUT2D eigenvalue weighted by Crippen LogP contribution is 2.42. The lowest BCUT2D eigenvalue weighted by molar-refractivity contribution is -0.141. The SMILES string of the molecule is CP(C)(=O)c1cc(COc2cc3n(c(=O)n2)CC2CCCN32)cc(F)c1Oc1ccnc(C(F)(F)F)c1. The number of ether oxygens (including phenoxy) is 2. The van der Waals surface area contributed by atoms with E-state index in [1.54, 1.807) is 10.6 Å². The summed E-state index contributed by atoms with van der Waals surface area (Å²) in [5.74, 6) is -0.852. The van der Waals surface area contributed by atoms with Gasteiger partial charge in [0.25, 0.3) is 0 Å². The van der Waals surface area contributed by atoms with Crippen LogP contribution in [0.3, 0.4) is 0 Å². The minimum absolute atomic E-state index is 0.00152. The van der Waals surface area contributed by atoms with Crippen LogP contribution in [-0.4, -0.2) is 40.5 Å². The normalized spacial score (nSPS) is 17.0. The lowest BCUT2D eigenvalue weighted by atomic mass is 10.2. The smallest absolute Gasteiger partial charge is 0.433 e. The van der Waals surface area contributed by atoms with Crippen LogP contribution >= 0.6 is 7.14 Å². The van der Waals surface area contributed by atoms with Gasteiger partial charge >= 0.3 is 11.9 Å². The third kappa shape index (κ3) is 5.07. The molecule has 0 spiro atoms. The number of hydrogen-bond donors (Lipinski definition) is 0. The molecule has 1 aromatic carbocycles. The maximum Gasteiger partial charge on any atom is 0.433 e. The topological polar surface area (TPSA) is 86.5 Å². The van der Waals surface area contributed by atoms with Crippen molar-refractivity contribution in [3.8, 4) is 17.4 Å². The molecule has 0 aliphatic carbocycles. The standard InChI is InChI=1S/C24H23F4N4O4P/c1-37(2,34)18-9-14(8-17(25)22(18)36-16-5-6-29-19(10-16)24(26,27)28)13-35-20-11-21-31-7-3-4-15(31)12-32(21)23(33)30-20/h5-6,8-11,15H,3-4,7,12-13H2,1-2H3. The fourth-order valence-electron chi connectivity index (χ4n) is 4.62. The molecule has 196 valence electrons. The Kier molecular flexibility index (Phi) is 6.26. The zero-order chi connectivity index (χ0) is 26.5. The molecule has 8 nitrogen and oxygen atoms in total. The van der Waals surface area contributed by atoms with Crippen LogP contribution in [0.5, 0.6) is 17.4 Å². The van der Waals surface area contributed by atoms with E-state index >= 15 is 4.39 Å². The van der Waals surface area contributed by atoms with E-state index in [0.29, 0.717) is 12.6 Å². The molecule has 3 aromatic rings. The summed E-state index contributed by atoms with van der Waals surface area (Å²) < 4.78 is 79.9. The second-order valence-electron chi connectivity index (χ2n) is 9.38. The Morgan fingerprint density at radius 3 is 2.70 bits per heavy atom. The molecule has 0 amide bonds. The zero-order valence-electron chi connectivity index (χ0n) is 20.0. The largest absolute Gasteiger partial charge is 0.473 e. The molecule has 2 aliphatic rings. The van der Waals surface area contributed by atoms with Crippen molar-refractivity contribution >= 4 is 18.3 Å². The van der Waals surface area contributed by atoms with Gasteiger partial charge in [0.1, 0.15) is 31.0 Å². The molecule has 4 heterocycles. The van der Waals surface area contributed by atoms with Gasteiger partial charge in [-0.3, -0.25) is 9.55 Å². The van der Waals surface area contributed by atoms with Crippen LogP contribution in [0, 0.1) is 5.82 Å². The van der Waals surface area contributed by atoms with E-state index in [2.05, 4.69) is 14.9 Å². The predicted molar refractivity (Wildman–Crippen MR) is 128 cm³/mol. The molecular weight excluding hydrogens is 515 g/mol. The van der Waals surface area contributed by atoms with E-state index in [-0.39, 0.29) is 35.1 Å². The first-order valence-electron chi connectivity index (χ1n) is 11.5. The van der Waals surface area contributed by atoms with Gasteiger partial charge in [-0.05, 0) is 49.9 Å². The third-order valence-electron chi connectivity index (χ3n) is 6.32. The lowest BCUT2D eigenvalue weighted by Gasteiger charge is -2.18. The van der Waals surface area contributed by atoms with Gasteiger partial charge in [0.2, 0.25) is 5.88 Å². The summed E-state index contributed by atoms with van der Waals surface area (Å²) in [5.41, 5.74) is -1.35. The van der Waals surface area contributed by atoms with E-state index in [1.807, 2.05) is 0 Å². The summed E-state index contributed by atoms with van der Waals surface area (Å²) in [5, 5.41) is -0.00152. The minimum Gasteiger partial charge on any atom is -0.473 e. The molecule has 0 bridgehead atoms. The van der Waals surface area contributed by atoms with Crippen molar-refractivity contribution in [1.82, 2.24) is 14.5 Å². The van der Waals surface area contributed by atoms with E-state index in [1.165, 1.54) is 19.4 Å².